The molecular weight excluding hydrogens is 352 g/mol. The molecule has 1 aliphatic carbocycles. The standard InChI is InChI=1S/C19H20N2O4S/c22-17(20-11-18(23)24)9-12-5-7-14(8-6-12)21-19(25)16-10-13-3-1-2-4-15(13)26-16/h5-8,10H,1-4,9,11H2,(H,20,22)(H,21,25)(H,23,24). The summed E-state index contributed by atoms with van der Waals surface area (Å²) in [6.07, 6.45) is 4.59. The number of carboxylic acids is 1. The first-order chi connectivity index (χ1) is 12.5. The van der Waals surface area contributed by atoms with E-state index in [0.29, 0.717) is 5.69 Å². The lowest BCUT2D eigenvalue weighted by atomic mass is 9.99. The Bertz CT molecular complexity index is 803. The van der Waals surface area contributed by atoms with E-state index in [1.807, 2.05) is 6.07 Å². The first-order valence-electron chi connectivity index (χ1n) is 8.51. The molecule has 26 heavy (non-hydrogen) atoms. The summed E-state index contributed by atoms with van der Waals surface area (Å²) in [7, 11) is 0. The van der Waals surface area contributed by atoms with Crippen molar-refractivity contribution in [3.8, 4) is 0 Å². The molecule has 6 nitrogen and oxygen atoms in total. The van der Waals surface area contributed by atoms with Crippen molar-refractivity contribution in [3.05, 3.63) is 51.2 Å². The molecule has 0 spiro atoms. The molecule has 1 aromatic heterocycles. The Balaban J connectivity index is 1.57. The predicted molar refractivity (Wildman–Crippen MR) is 99.7 cm³/mol. The lowest BCUT2D eigenvalue weighted by Crippen LogP contribution is -2.30. The molecule has 0 unspecified atom stereocenters. The van der Waals surface area contributed by atoms with Crippen LogP contribution in [0.2, 0.25) is 0 Å². The number of carboxylic acid groups (broad SMARTS) is 1. The van der Waals surface area contributed by atoms with Crippen molar-refractivity contribution in [1.29, 1.82) is 0 Å². The van der Waals surface area contributed by atoms with E-state index in [4.69, 9.17) is 5.11 Å². The predicted octanol–water partition coefficient (Wildman–Crippen LogP) is 2.62. The maximum absolute atomic E-state index is 12.4. The van der Waals surface area contributed by atoms with Crippen LogP contribution < -0.4 is 10.6 Å². The first-order valence-corrected chi connectivity index (χ1v) is 9.33. The van der Waals surface area contributed by atoms with E-state index in [9.17, 15) is 14.4 Å². The van der Waals surface area contributed by atoms with Crippen molar-refractivity contribution < 1.29 is 19.5 Å². The average molecular weight is 372 g/mol. The van der Waals surface area contributed by atoms with E-state index in [0.717, 1.165) is 23.3 Å². The fraction of sp³-hybridized carbons (Fsp3) is 0.316. The fourth-order valence-corrected chi connectivity index (χ4v) is 4.07. The highest BCUT2D eigenvalue weighted by atomic mass is 32.1. The van der Waals surface area contributed by atoms with Gasteiger partial charge in [0.25, 0.3) is 5.91 Å². The lowest BCUT2D eigenvalue weighted by Gasteiger charge is -2.08. The van der Waals surface area contributed by atoms with Crippen molar-refractivity contribution in [3.63, 3.8) is 0 Å². The van der Waals surface area contributed by atoms with Crippen LogP contribution in [-0.4, -0.2) is 29.4 Å². The Morgan fingerprint density at radius 2 is 1.81 bits per heavy atom. The number of fused-ring (bicyclic) bond motifs is 1. The Morgan fingerprint density at radius 3 is 2.50 bits per heavy atom. The van der Waals surface area contributed by atoms with Gasteiger partial charge < -0.3 is 15.7 Å². The Hall–Kier alpha value is -2.67. The zero-order chi connectivity index (χ0) is 18.5. The number of carbonyl (C=O) groups is 3. The molecule has 0 saturated heterocycles. The van der Waals surface area contributed by atoms with Gasteiger partial charge in [0.1, 0.15) is 6.54 Å². The molecule has 1 heterocycles. The van der Waals surface area contributed by atoms with Gasteiger partial charge in [-0.25, -0.2) is 0 Å². The molecule has 1 aliphatic rings. The van der Waals surface area contributed by atoms with Gasteiger partial charge in [0.15, 0.2) is 0 Å². The zero-order valence-corrected chi connectivity index (χ0v) is 15.0. The average Bonchev–Trinajstić information content (AvgIpc) is 3.06. The lowest BCUT2D eigenvalue weighted by molar-refractivity contribution is -0.137. The van der Waals surface area contributed by atoms with Crippen LogP contribution in [0.5, 0.6) is 0 Å². The summed E-state index contributed by atoms with van der Waals surface area (Å²) in [5.41, 5.74) is 2.71. The topological polar surface area (TPSA) is 95.5 Å². The summed E-state index contributed by atoms with van der Waals surface area (Å²) in [4.78, 5) is 36.5. The molecule has 2 aromatic rings. The number of hydrogen-bond donors (Lipinski definition) is 3. The zero-order valence-electron chi connectivity index (χ0n) is 14.2. The van der Waals surface area contributed by atoms with Gasteiger partial charge in [-0.1, -0.05) is 12.1 Å². The molecule has 0 fully saturated rings. The van der Waals surface area contributed by atoms with Crippen molar-refractivity contribution in [2.24, 2.45) is 0 Å². The third-order valence-electron chi connectivity index (χ3n) is 4.23. The smallest absolute Gasteiger partial charge is 0.322 e. The van der Waals surface area contributed by atoms with Crippen LogP contribution in [0.3, 0.4) is 0 Å². The fourth-order valence-electron chi connectivity index (χ4n) is 2.92. The van der Waals surface area contributed by atoms with Gasteiger partial charge in [0, 0.05) is 10.6 Å². The minimum atomic E-state index is -1.08. The third kappa shape index (κ3) is 4.70. The number of benzene rings is 1. The minimum Gasteiger partial charge on any atom is -0.480 e. The van der Waals surface area contributed by atoms with E-state index in [-0.39, 0.29) is 18.2 Å². The minimum absolute atomic E-state index is 0.0964. The van der Waals surface area contributed by atoms with Crippen molar-refractivity contribution in [1.82, 2.24) is 5.32 Å². The largest absolute Gasteiger partial charge is 0.480 e. The molecule has 0 aliphatic heterocycles. The van der Waals surface area contributed by atoms with Gasteiger partial charge in [-0.05, 0) is 55.0 Å². The van der Waals surface area contributed by atoms with Gasteiger partial charge in [0.2, 0.25) is 5.91 Å². The molecule has 0 bridgehead atoms. The van der Waals surface area contributed by atoms with Crippen LogP contribution in [0.25, 0.3) is 0 Å². The Labute approximate surface area is 155 Å². The van der Waals surface area contributed by atoms with Crippen LogP contribution in [-0.2, 0) is 28.9 Å². The van der Waals surface area contributed by atoms with Crippen molar-refractivity contribution in [2.45, 2.75) is 32.1 Å². The summed E-state index contributed by atoms with van der Waals surface area (Å²) in [5.74, 6) is -1.55. The monoisotopic (exact) mass is 372 g/mol. The number of amides is 2. The second-order valence-corrected chi connectivity index (χ2v) is 7.40. The molecule has 0 radical (unpaired) electrons. The van der Waals surface area contributed by atoms with Crippen LogP contribution in [0, 0.1) is 0 Å². The Morgan fingerprint density at radius 1 is 1.08 bits per heavy atom. The number of rotatable bonds is 6. The Kier molecular flexibility index (Phi) is 5.68. The quantitative estimate of drug-likeness (QED) is 0.726. The molecule has 2 amide bonds. The normalized spacial score (nSPS) is 12.9. The van der Waals surface area contributed by atoms with Crippen molar-refractivity contribution in [2.75, 3.05) is 11.9 Å². The number of hydrogen-bond acceptors (Lipinski definition) is 4. The number of thiophene rings is 1. The SMILES string of the molecule is O=C(O)CNC(=O)Cc1ccc(NC(=O)c2cc3c(s2)CCCC3)cc1. The molecule has 1 aromatic carbocycles. The first kappa shape index (κ1) is 18.1. The molecule has 136 valence electrons. The maximum atomic E-state index is 12.4. The van der Waals surface area contributed by atoms with Gasteiger partial charge in [-0.3, -0.25) is 14.4 Å². The number of nitrogens with one attached hydrogen (secondary N) is 2. The molecule has 0 saturated carbocycles. The summed E-state index contributed by atoms with van der Waals surface area (Å²) in [5, 5.41) is 13.7. The van der Waals surface area contributed by atoms with Gasteiger partial charge >= 0.3 is 5.97 Å². The van der Waals surface area contributed by atoms with Gasteiger partial charge in [-0.2, -0.15) is 0 Å². The molecule has 7 heteroatoms. The van der Waals surface area contributed by atoms with Crippen LogP contribution in [0.1, 0.15) is 38.5 Å². The molecule has 0 atom stereocenters. The second kappa shape index (κ2) is 8.14. The maximum Gasteiger partial charge on any atom is 0.322 e. The summed E-state index contributed by atoms with van der Waals surface area (Å²) in [6.45, 7) is -0.391. The van der Waals surface area contributed by atoms with E-state index in [1.54, 1.807) is 35.6 Å². The number of anilines is 1. The number of aliphatic carboxylic acids is 1. The highest BCUT2D eigenvalue weighted by molar-refractivity contribution is 7.14. The van der Waals surface area contributed by atoms with E-state index in [2.05, 4.69) is 10.6 Å². The molecule has 3 N–H and O–H groups in total. The third-order valence-corrected chi connectivity index (χ3v) is 5.47. The summed E-state index contributed by atoms with van der Waals surface area (Å²) >= 11 is 1.57. The summed E-state index contributed by atoms with van der Waals surface area (Å²) < 4.78 is 0. The van der Waals surface area contributed by atoms with Crippen LogP contribution in [0.15, 0.2) is 30.3 Å². The number of carbonyl (C=O) groups excluding carboxylic acids is 2. The van der Waals surface area contributed by atoms with Gasteiger partial charge in [0.05, 0.1) is 11.3 Å². The van der Waals surface area contributed by atoms with E-state index >= 15 is 0 Å². The van der Waals surface area contributed by atoms with Crippen LogP contribution >= 0.6 is 11.3 Å². The van der Waals surface area contributed by atoms with Gasteiger partial charge in [-0.15, -0.1) is 11.3 Å². The van der Waals surface area contributed by atoms with E-state index in [1.165, 1.54) is 23.3 Å². The molecule has 3 rings (SSSR count). The highest BCUT2D eigenvalue weighted by Gasteiger charge is 2.17. The van der Waals surface area contributed by atoms with Crippen molar-refractivity contribution >= 4 is 34.8 Å². The highest BCUT2D eigenvalue weighted by Crippen LogP contribution is 2.30. The molecular formula is C19H20N2O4S. The van der Waals surface area contributed by atoms with Crippen LogP contribution in [0.4, 0.5) is 5.69 Å². The second-order valence-electron chi connectivity index (χ2n) is 6.26. The summed E-state index contributed by atoms with van der Waals surface area (Å²) in [6, 6.07) is 8.97. The van der Waals surface area contributed by atoms with E-state index < -0.39 is 12.5 Å². The number of aryl methyl sites for hydroxylation is 2.